The molecule has 5 rings (SSSR count). The first kappa shape index (κ1) is 23.0. The van der Waals surface area contributed by atoms with E-state index in [9.17, 15) is 9.18 Å². The van der Waals surface area contributed by atoms with Crippen molar-refractivity contribution in [1.29, 1.82) is 0 Å². The predicted octanol–water partition coefficient (Wildman–Crippen LogP) is 7.56. The second-order valence-electron chi connectivity index (χ2n) is 7.50. The van der Waals surface area contributed by atoms with Crippen LogP contribution in [0, 0.1) is 5.82 Å². The first-order chi connectivity index (χ1) is 17.0. The first-order valence-corrected chi connectivity index (χ1v) is 11.8. The van der Waals surface area contributed by atoms with E-state index in [0.717, 1.165) is 5.56 Å². The lowest BCUT2D eigenvalue weighted by Crippen LogP contribution is -2.28. The normalized spacial score (nSPS) is 15.9. The molecule has 1 aliphatic rings. The van der Waals surface area contributed by atoms with Gasteiger partial charge in [0.1, 0.15) is 23.1 Å². The van der Waals surface area contributed by atoms with Crippen LogP contribution in [0.3, 0.4) is 0 Å². The number of carbonyl (C=O) groups is 1. The summed E-state index contributed by atoms with van der Waals surface area (Å²) < 4.78 is 24.7. The number of thioether (sulfide) groups is 1. The molecule has 3 aromatic carbocycles. The molecule has 0 aliphatic carbocycles. The molecular weight excluding hydrogens is 487 g/mol. The molecule has 1 saturated heterocycles. The molecule has 0 saturated carbocycles. The zero-order valence-corrected chi connectivity index (χ0v) is 20.0. The van der Waals surface area contributed by atoms with Gasteiger partial charge in [0, 0.05) is 11.6 Å². The summed E-state index contributed by atoms with van der Waals surface area (Å²) in [5.74, 6) is 1.12. The van der Waals surface area contributed by atoms with Crippen LogP contribution in [0.2, 0.25) is 5.02 Å². The number of hydrogen-bond acceptors (Lipinski definition) is 5. The number of amides is 1. The Morgan fingerprint density at radius 3 is 2.46 bits per heavy atom. The Balaban J connectivity index is 1.51. The van der Waals surface area contributed by atoms with E-state index < -0.39 is 0 Å². The van der Waals surface area contributed by atoms with Crippen molar-refractivity contribution in [3.8, 4) is 17.1 Å². The molecule has 0 spiro atoms. The molecule has 1 aromatic heterocycles. The molecule has 2 heterocycles. The van der Waals surface area contributed by atoms with Gasteiger partial charge in [0.25, 0.3) is 5.91 Å². The van der Waals surface area contributed by atoms with E-state index in [1.54, 1.807) is 61.7 Å². The number of nitrogens with zero attached hydrogens (tertiary/aromatic N) is 2. The van der Waals surface area contributed by atoms with Crippen LogP contribution >= 0.6 is 23.4 Å². The van der Waals surface area contributed by atoms with Gasteiger partial charge in [0.05, 0.1) is 28.4 Å². The van der Waals surface area contributed by atoms with Crippen LogP contribution in [0.4, 0.5) is 15.8 Å². The van der Waals surface area contributed by atoms with Crippen LogP contribution in [0.1, 0.15) is 5.76 Å². The summed E-state index contributed by atoms with van der Waals surface area (Å²) in [7, 11) is 1.59. The average molecular weight is 505 g/mol. The zero-order valence-electron chi connectivity index (χ0n) is 18.4. The SMILES string of the molecule is COc1ccc(N=C2S/C(=C\c3ccc(-c4ccccc4Cl)o3)C(=O)N2c2ccc(F)cc2)cc1. The molecule has 1 aliphatic heterocycles. The summed E-state index contributed by atoms with van der Waals surface area (Å²) >= 11 is 7.49. The van der Waals surface area contributed by atoms with Gasteiger partial charge in [-0.3, -0.25) is 9.69 Å². The van der Waals surface area contributed by atoms with E-state index in [2.05, 4.69) is 4.99 Å². The van der Waals surface area contributed by atoms with Gasteiger partial charge in [-0.25, -0.2) is 9.38 Å². The molecule has 5 nitrogen and oxygen atoms in total. The molecule has 0 N–H and O–H groups in total. The van der Waals surface area contributed by atoms with Crippen molar-refractivity contribution in [3.63, 3.8) is 0 Å². The summed E-state index contributed by atoms with van der Waals surface area (Å²) in [6, 6.07) is 23.8. The number of anilines is 1. The van der Waals surface area contributed by atoms with Crippen molar-refractivity contribution in [3.05, 3.63) is 106 Å². The summed E-state index contributed by atoms with van der Waals surface area (Å²) in [5.41, 5.74) is 1.92. The number of halogens is 2. The van der Waals surface area contributed by atoms with Gasteiger partial charge in [0.15, 0.2) is 5.17 Å². The van der Waals surface area contributed by atoms with Gasteiger partial charge in [-0.15, -0.1) is 0 Å². The highest BCUT2D eigenvalue weighted by atomic mass is 35.5. The molecule has 1 amide bonds. The number of carbonyl (C=O) groups excluding carboxylic acids is 1. The summed E-state index contributed by atoms with van der Waals surface area (Å²) in [4.78, 5) is 19.9. The molecule has 0 unspecified atom stereocenters. The molecule has 174 valence electrons. The van der Waals surface area contributed by atoms with Crippen molar-refractivity contribution in [2.45, 2.75) is 0 Å². The van der Waals surface area contributed by atoms with Crippen LogP contribution in [0.15, 0.2) is 99.2 Å². The Morgan fingerprint density at radius 1 is 1.00 bits per heavy atom. The first-order valence-electron chi connectivity index (χ1n) is 10.6. The van der Waals surface area contributed by atoms with Gasteiger partial charge >= 0.3 is 0 Å². The lowest BCUT2D eigenvalue weighted by atomic mass is 10.2. The lowest BCUT2D eigenvalue weighted by molar-refractivity contribution is -0.113. The Labute approximate surface area is 210 Å². The minimum absolute atomic E-state index is 0.287. The quantitative estimate of drug-likeness (QED) is 0.263. The topological polar surface area (TPSA) is 55.0 Å². The summed E-state index contributed by atoms with van der Waals surface area (Å²) in [6.45, 7) is 0. The van der Waals surface area contributed by atoms with Gasteiger partial charge in [-0.05, 0) is 84.6 Å². The number of ether oxygens (including phenoxy) is 1. The Morgan fingerprint density at radius 2 is 1.74 bits per heavy atom. The van der Waals surface area contributed by atoms with E-state index in [4.69, 9.17) is 20.8 Å². The number of aliphatic imine (C=N–C) groups is 1. The van der Waals surface area contributed by atoms with Crippen molar-refractivity contribution < 1.29 is 18.3 Å². The van der Waals surface area contributed by atoms with Crippen LogP contribution in [-0.4, -0.2) is 18.2 Å². The molecular formula is C27H18ClFN2O3S. The molecule has 4 aromatic rings. The third kappa shape index (κ3) is 4.87. The summed E-state index contributed by atoms with van der Waals surface area (Å²) in [6.07, 6.45) is 1.67. The van der Waals surface area contributed by atoms with Crippen molar-refractivity contribution in [1.82, 2.24) is 0 Å². The number of hydrogen-bond donors (Lipinski definition) is 0. The fraction of sp³-hybridized carbons (Fsp3) is 0.0370. The van der Waals surface area contributed by atoms with Crippen LogP contribution in [-0.2, 0) is 4.79 Å². The maximum absolute atomic E-state index is 13.5. The van der Waals surface area contributed by atoms with Gasteiger partial charge in [0.2, 0.25) is 0 Å². The number of methoxy groups -OCH3 is 1. The predicted molar refractivity (Wildman–Crippen MR) is 139 cm³/mol. The highest BCUT2D eigenvalue weighted by Crippen LogP contribution is 2.38. The number of rotatable bonds is 5. The van der Waals surface area contributed by atoms with E-state index in [-0.39, 0.29) is 11.7 Å². The number of furan rings is 1. The highest BCUT2D eigenvalue weighted by Gasteiger charge is 2.35. The smallest absolute Gasteiger partial charge is 0.271 e. The second kappa shape index (κ2) is 9.82. The third-order valence-corrected chi connectivity index (χ3v) is 6.53. The largest absolute Gasteiger partial charge is 0.497 e. The van der Waals surface area contributed by atoms with Crippen molar-refractivity contribution in [2.75, 3.05) is 12.0 Å². The van der Waals surface area contributed by atoms with Crippen molar-refractivity contribution in [2.24, 2.45) is 4.99 Å². The molecule has 35 heavy (non-hydrogen) atoms. The maximum atomic E-state index is 13.5. The highest BCUT2D eigenvalue weighted by molar-refractivity contribution is 8.19. The Hall–Kier alpha value is -3.81. The third-order valence-electron chi connectivity index (χ3n) is 5.23. The standard InChI is InChI=1S/C27H18ClFN2O3S/c1-33-20-12-8-18(9-13-20)30-27-31(19-10-6-17(29)7-11-19)26(32)25(35-27)16-21-14-15-24(34-21)22-4-2-3-5-23(22)28/h2-16H,1H3/b25-16-,30-27?. The van der Waals surface area contributed by atoms with E-state index in [1.807, 2.05) is 24.3 Å². The lowest BCUT2D eigenvalue weighted by Gasteiger charge is -2.15. The monoisotopic (exact) mass is 504 g/mol. The van der Waals surface area contributed by atoms with Gasteiger partial charge < -0.3 is 9.15 Å². The fourth-order valence-corrected chi connectivity index (χ4v) is 4.71. The molecule has 1 fully saturated rings. The van der Waals surface area contributed by atoms with Crippen LogP contribution in [0.25, 0.3) is 17.4 Å². The van der Waals surface area contributed by atoms with Crippen molar-refractivity contribution >= 4 is 51.9 Å². The maximum Gasteiger partial charge on any atom is 0.271 e. The van der Waals surface area contributed by atoms with E-state index in [0.29, 0.717) is 43.7 Å². The van der Waals surface area contributed by atoms with E-state index in [1.165, 1.54) is 28.8 Å². The summed E-state index contributed by atoms with van der Waals surface area (Å²) in [5, 5.41) is 1.01. The fourth-order valence-electron chi connectivity index (χ4n) is 3.50. The minimum atomic E-state index is -0.389. The van der Waals surface area contributed by atoms with Gasteiger partial charge in [-0.2, -0.15) is 0 Å². The Kier molecular flexibility index (Phi) is 6.44. The Bertz CT molecular complexity index is 1450. The molecule has 8 heteroatoms. The van der Waals surface area contributed by atoms with Crippen LogP contribution in [0.5, 0.6) is 5.75 Å². The van der Waals surface area contributed by atoms with Crippen LogP contribution < -0.4 is 9.64 Å². The molecule has 0 atom stereocenters. The van der Waals surface area contributed by atoms with Gasteiger partial charge in [-0.1, -0.05) is 23.7 Å². The minimum Gasteiger partial charge on any atom is -0.497 e. The zero-order chi connectivity index (χ0) is 24.4. The number of amidine groups is 1. The second-order valence-corrected chi connectivity index (χ2v) is 8.92. The molecule has 0 radical (unpaired) electrons. The average Bonchev–Trinajstić information content (AvgIpc) is 3.45. The van der Waals surface area contributed by atoms with E-state index >= 15 is 0 Å². The number of benzene rings is 3. The molecule has 0 bridgehead atoms.